The molecule has 3 heteroatoms. The minimum Gasteiger partial charge on any atom is -0.434 e. The van der Waals surface area contributed by atoms with E-state index in [-0.39, 0.29) is 12.3 Å². The number of ether oxygens (including phenoxy) is 2. The third kappa shape index (κ3) is 2.42. The Bertz CT molecular complexity index is 347. The molecular formula is C13H16O3. The van der Waals surface area contributed by atoms with Crippen LogP contribution in [0.3, 0.4) is 0 Å². The average Bonchev–Trinajstić information content (AvgIpc) is 2.69. The first-order chi connectivity index (χ1) is 7.81. The predicted molar refractivity (Wildman–Crippen MR) is 59.7 cm³/mol. The lowest BCUT2D eigenvalue weighted by atomic mass is 10.1. The van der Waals surface area contributed by atoms with Crippen molar-refractivity contribution in [3.05, 3.63) is 35.9 Å². The van der Waals surface area contributed by atoms with Crippen molar-refractivity contribution >= 4 is 5.97 Å². The van der Waals surface area contributed by atoms with Gasteiger partial charge in [0.25, 0.3) is 0 Å². The Morgan fingerprint density at radius 3 is 2.69 bits per heavy atom. The minimum absolute atomic E-state index is 0.271. The third-order valence-corrected chi connectivity index (χ3v) is 2.65. The minimum atomic E-state index is -0.539. The van der Waals surface area contributed by atoms with Gasteiger partial charge in [0.15, 0.2) is 6.10 Å². The van der Waals surface area contributed by atoms with Crippen LogP contribution in [0.5, 0.6) is 0 Å². The summed E-state index contributed by atoms with van der Waals surface area (Å²) in [6.07, 6.45) is 1.97. The average molecular weight is 220 g/mol. The van der Waals surface area contributed by atoms with E-state index in [0.717, 1.165) is 24.8 Å². The molecule has 2 rings (SSSR count). The maximum absolute atomic E-state index is 11.6. The molecule has 0 N–H and O–H groups in total. The van der Waals surface area contributed by atoms with Gasteiger partial charge in [0.2, 0.25) is 6.29 Å². The van der Waals surface area contributed by atoms with E-state index in [1.165, 1.54) is 0 Å². The summed E-state index contributed by atoms with van der Waals surface area (Å²) < 4.78 is 10.8. The summed E-state index contributed by atoms with van der Waals surface area (Å²) in [6.45, 7) is 2.10. The van der Waals surface area contributed by atoms with Crippen LogP contribution >= 0.6 is 0 Å². The lowest BCUT2D eigenvalue weighted by molar-refractivity contribution is -0.144. The molecule has 1 aromatic rings. The fourth-order valence-corrected chi connectivity index (χ4v) is 1.77. The van der Waals surface area contributed by atoms with Gasteiger partial charge >= 0.3 is 5.97 Å². The number of benzene rings is 1. The van der Waals surface area contributed by atoms with Crippen LogP contribution in [0.2, 0.25) is 0 Å². The molecule has 3 nitrogen and oxygen atoms in total. The van der Waals surface area contributed by atoms with E-state index in [0.29, 0.717) is 0 Å². The van der Waals surface area contributed by atoms with Crippen LogP contribution in [0.1, 0.15) is 37.9 Å². The number of hydrogen-bond donors (Lipinski definition) is 0. The molecule has 1 aliphatic heterocycles. The van der Waals surface area contributed by atoms with Crippen molar-refractivity contribution in [1.29, 1.82) is 0 Å². The third-order valence-electron chi connectivity index (χ3n) is 2.65. The molecule has 0 spiro atoms. The number of carbonyl (C=O) groups excluding carboxylic acids is 1. The van der Waals surface area contributed by atoms with Gasteiger partial charge in [-0.2, -0.15) is 0 Å². The van der Waals surface area contributed by atoms with Gasteiger partial charge in [0, 0.05) is 6.42 Å². The molecule has 0 aliphatic carbocycles. The Labute approximate surface area is 95.4 Å². The summed E-state index contributed by atoms with van der Waals surface area (Å²) in [7, 11) is 0. The van der Waals surface area contributed by atoms with Crippen LogP contribution in [0.4, 0.5) is 0 Å². The number of hydrogen-bond acceptors (Lipinski definition) is 3. The van der Waals surface area contributed by atoms with E-state index in [9.17, 15) is 4.79 Å². The lowest BCUT2D eigenvalue weighted by Gasteiger charge is -2.08. The fourth-order valence-electron chi connectivity index (χ4n) is 1.77. The normalized spacial score (nSPS) is 24.4. The molecule has 16 heavy (non-hydrogen) atoms. The van der Waals surface area contributed by atoms with Crippen molar-refractivity contribution in [2.45, 2.75) is 38.6 Å². The maximum atomic E-state index is 11.6. The second-order valence-corrected chi connectivity index (χ2v) is 3.94. The number of carbonyl (C=O) groups is 1. The van der Waals surface area contributed by atoms with E-state index in [2.05, 4.69) is 6.92 Å². The van der Waals surface area contributed by atoms with Crippen LogP contribution in [-0.4, -0.2) is 12.3 Å². The van der Waals surface area contributed by atoms with Crippen LogP contribution < -0.4 is 0 Å². The Morgan fingerprint density at radius 2 is 2.00 bits per heavy atom. The summed E-state index contributed by atoms with van der Waals surface area (Å²) in [5, 5.41) is 0. The molecule has 0 unspecified atom stereocenters. The first-order valence-electron chi connectivity index (χ1n) is 5.72. The number of rotatable bonds is 4. The van der Waals surface area contributed by atoms with E-state index in [1.807, 2.05) is 30.3 Å². The van der Waals surface area contributed by atoms with Crippen molar-refractivity contribution in [3.8, 4) is 0 Å². The summed E-state index contributed by atoms with van der Waals surface area (Å²) in [6, 6.07) is 9.47. The molecule has 0 amide bonds. The molecule has 0 aromatic heterocycles. The first-order valence-corrected chi connectivity index (χ1v) is 5.72. The van der Waals surface area contributed by atoms with Crippen molar-refractivity contribution in [3.63, 3.8) is 0 Å². The van der Waals surface area contributed by atoms with E-state index >= 15 is 0 Å². The summed E-state index contributed by atoms with van der Waals surface area (Å²) in [5.74, 6) is -0.271. The Hall–Kier alpha value is -1.35. The predicted octanol–water partition coefficient (Wildman–Crippen LogP) is 2.82. The van der Waals surface area contributed by atoms with Gasteiger partial charge in [-0.3, -0.25) is 0 Å². The zero-order chi connectivity index (χ0) is 11.4. The lowest BCUT2D eigenvalue weighted by Crippen LogP contribution is -2.07. The molecule has 2 atom stereocenters. The Balaban J connectivity index is 2.00. The maximum Gasteiger partial charge on any atom is 0.342 e. The SMILES string of the molecule is CCCC[C@@H]1OC(=O)[C@@H](c2ccccc2)O1. The largest absolute Gasteiger partial charge is 0.434 e. The highest BCUT2D eigenvalue weighted by Gasteiger charge is 2.35. The van der Waals surface area contributed by atoms with Crippen LogP contribution in [0.15, 0.2) is 30.3 Å². The van der Waals surface area contributed by atoms with Crippen molar-refractivity contribution in [2.24, 2.45) is 0 Å². The standard InChI is InChI=1S/C13H16O3/c1-2-3-9-11-15-12(13(14)16-11)10-7-5-4-6-8-10/h4-8,11-12H,2-3,9H2,1H3/t11-,12+/m0/s1. The highest BCUT2D eigenvalue weighted by atomic mass is 16.7. The molecule has 0 bridgehead atoms. The zero-order valence-corrected chi connectivity index (χ0v) is 9.39. The molecule has 0 saturated carbocycles. The van der Waals surface area contributed by atoms with E-state index in [1.54, 1.807) is 0 Å². The monoisotopic (exact) mass is 220 g/mol. The second kappa shape index (κ2) is 5.12. The van der Waals surface area contributed by atoms with Crippen LogP contribution in [0.25, 0.3) is 0 Å². The molecule has 1 aliphatic rings. The van der Waals surface area contributed by atoms with Gasteiger partial charge in [0.05, 0.1) is 0 Å². The Kier molecular flexibility index (Phi) is 3.57. The van der Waals surface area contributed by atoms with Gasteiger partial charge in [-0.15, -0.1) is 0 Å². The van der Waals surface area contributed by atoms with E-state index in [4.69, 9.17) is 9.47 Å². The Morgan fingerprint density at radius 1 is 1.25 bits per heavy atom. The fraction of sp³-hybridized carbons (Fsp3) is 0.462. The number of esters is 1. The molecule has 86 valence electrons. The highest BCUT2D eigenvalue weighted by Crippen LogP contribution is 2.29. The second-order valence-electron chi connectivity index (χ2n) is 3.94. The van der Waals surface area contributed by atoms with Gasteiger partial charge in [0.1, 0.15) is 0 Å². The van der Waals surface area contributed by atoms with Crippen LogP contribution in [-0.2, 0) is 14.3 Å². The molecule has 1 heterocycles. The first kappa shape index (κ1) is 11.1. The molecule has 1 saturated heterocycles. The van der Waals surface area contributed by atoms with Crippen molar-refractivity contribution in [2.75, 3.05) is 0 Å². The number of cyclic esters (lactones) is 1. The quantitative estimate of drug-likeness (QED) is 0.732. The van der Waals surface area contributed by atoms with E-state index < -0.39 is 6.10 Å². The molecule has 0 radical (unpaired) electrons. The molecule has 1 aromatic carbocycles. The summed E-state index contributed by atoms with van der Waals surface area (Å²) in [4.78, 5) is 11.6. The smallest absolute Gasteiger partial charge is 0.342 e. The molecule has 1 fully saturated rings. The number of unbranched alkanes of at least 4 members (excludes halogenated alkanes) is 1. The summed E-state index contributed by atoms with van der Waals surface area (Å²) in [5.41, 5.74) is 0.867. The van der Waals surface area contributed by atoms with Gasteiger partial charge in [-0.05, 0) is 12.0 Å². The van der Waals surface area contributed by atoms with Crippen molar-refractivity contribution < 1.29 is 14.3 Å². The summed E-state index contributed by atoms with van der Waals surface area (Å²) >= 11 is 0. The highest BCUT2D eigenvalue weighted by molar-refractivity contribution is 5.77. The molecular weight excluding hydrogens is 204 g/mol. The van der Waals surface area contributed by atoms with Crippen LogP contribution in [0, 0.1) is 0 Å². The van der Waals surface area contributed by atoms with Gasteiger partial charge in [-0.1, -0.05) is 43.7 Å². The topological polar surface area (TPSA) is 35.5 Å². The van der Waals surface area contributed by atoms with Gasteiger partial charge in [-0.25, -0.2) is 4.79 Å². The zero-order valence-electron chi connectivity index (χ0n) is 9.39. The van der Waals surface area contributed by atoms with Gasteiger partial charge < -0.3 is 9.47 Å². The van der Waals surface area contributed by atoms with Crippen molar-refractivity contribution in [1.82, 2.24) is 0 Å².